The summed E-state index contributed by atoms with van der Waals surface area (Å²) in [7, 11) is 0. The van der Waals surface area contributed by atoms with Gasteiger partial charge in [0.1, 0.15) is 17.9 Å². The van der Waals surface area contributed by atoms with Gasteiger partial charge >= 0.3 is 0 Å². The van der Waals surface area contributed by atoms with Crippen LogP contribution in [0.2, 0.25) is 0 Å². The van der Waals surface area contributed by atoms with Gasteiger partial charge in [-0.15, -0.1) is 0 Å². The second-order valence-corrected chi connectivity index (χ2v) is 3.75. The van der Waals surface area contributed by atoms with Crippen molar-refractivity contribution in [3.05, 3.63) is 35.4 Å². The zero-order valence-electron chi connectivity index (χ0n) is 7.59. The van der Waals surface area contributed by atoms with Crippen molar-refractivity contribution in [3.8, 4) is 0 Å². The number of benzene rings is 1. The van der Waals surface area contributed by atoms with E-state index in [-0.39, 0.29) is 5.56 Å². The van der Waals surface area contributed by atoms with Crippen molar-refractivity contribution >= 4 is 6.29 Å². The van der Waals surface area contributed by atoms with E-state index in [2.05, 4.69) is 0 Å². The van der Waals surface area contributed by atoms with Crippen molar-refractivity contribution in [2.75, 3.05) is 0 Å². The molecule has 1 aromatic rings. The number of carbonyl (C=O) groups excluding carboxylic acids is 1. The molecule has 1 aliphatic carbocycles. The number of aldehydes is 1. The summed E-state index contributed by atoms with van der Waals surface area (Å²) in [4.78, 5) is 10.9. The van der Waals surface area contributed by atoms with Crippen LogP contribution in [0.1, 0.15) is 24.8 Å². The molecule has 0 atom stereocenters. The van der Waals surface area contributed by atoms with Crippen molar-refractivity contribution in [2.24, 2.45) is 0 Å². The molecule has 0 saturated heterocycles. The molecule has 74 valence electrons. The lowest BCUT2D eigenvalue weighted by molar-refractivity contribution is -0.115. The normalized spacial score (nSPS) is 18.7. The summed E-state index contributed by atoms with van der Waals surface area (Å²) in [5.41, 5.74) is -0.551. The average Bonchev–Trinajstić information content (AvgIpc) is 2.10. The number of hydrogen-bond acceptors (Lipinski definition) is 1. The van der Waals surface area contributed by atoms with Gasteiger partial charge < -0.3 is 4.79 Å². The van der Waals surface area contributed by atoms with Crippen LogP contribution >= 0.6 is 0 Å². The maximum absolute atomic E-state index is 13.3. The summed E-state index contributed by atoms with van der Waals surface area (Å²) in [6.45, 7) is 0. The summed E-state index contributed by atoms with van der Waals surface area (Å²) in [6.07, 6.45) is 2.89. The second kappa shape index (κ2) is 3.15. The largest absolute Gasteiger partial charge is 0.302 e. The maximum atomic E-state index is 13.3. The van der Waals surface area contributed by atoms with Crippen LogP contribution < -0.4 is 0 Å². The minimum Gasteiger partial charge on any atom is -0.302 e. The minimum absolute atomic E-state index is 0.207. The van der Waals surface area contributed by atoms with Crippen molar-refractivity contribution in [3.63, 3.8) is 0 Å². The minimum atomic E-state index is -0.758. The Balaban J connectivity index is 2.48. The fourth-order valence-electron chi connectivity index (χ4n) is 1.89. The Morgan fingerprint density at radius 3 is 2.50 bits per heavy atom. The highest BCUT2D eigenvalue weighted by Crippen LogP contribution is 2.42. The van der Waals surface area contributed by atoms with Crippen molar-refractivity contribution < 1.29 is 13.6 Å². The van der Waals surface area contributed by atoms with E-state index in [4.69, 9.17) is 0 Å². The number of carbonyl (C=O) groups is 1. The Hall–Kier alpha value is -1.25. The first-order valence-corrected chi connectivity index (χ1v) is 4.60. The number of halogens is 2. The fourth-order valence-corrected chi connectivity index (χ4v) is 1.89. The molecule has 0 unspecified atom stereocenters. The first-order chi connectivity index (χ1) is 6.68. The quantitative estimate of drug-likeness (QED) is 0.664. The molecule has 0 heterocycles. The van der Waals surface area contributed by atoms with E-state index in [9.17, 15) is 13.6 Å². The van der Waals surface area contributed by atoms with E-state index in [0.29, 0.717) is 12.8 Å². The molecule has 0 radical (unpaired) electrons. The van der Waals surface area contributed by atoms with Gasteiger partial charge in [0.15, 0.2) is 0 Å². The van der Waals surface area contributed by atoms with Gasteiger partial charge in [0.25, 0.3) is 0 Å². The Morgan fingerprint density at radius 2 is 2.00 bits per heavy atom. The Kier molecular flexibility index (Phi) is 2.10. The highest BCUT2D eigenvalue weighted by Gasteiger charge is 2.40. The fraction of sp³-hybridized carbons (Fsp3) is 0.364. The van der Waals surface area contributed by atoms with Crippen LogP contribution in [0.3, 0.4) is 0 Å². The third-order valence-electron chi connectivity index (χ3n) is 2.94. The van der Waals surface area contributed by atoms with Gasteiger partial charge in [0.05, 0.1) is 5.41 Å². The molecule has 1 saturated carbocycles. The molecule has 1 aliphatic rings. The Morgan fingerprint density at radius 1 is 1.29 bits per heavy atom. The molecule has 3 heteroatoms. The van der Waals surface area contributed by atoms with Gasteiger partial charge in [0.2, 0.25) is 0 Å². The summed E-state index contributed by atoms with van der Waals surface area (Å²) in [5.74, 6) is -0.979. The zero-order valence-corrected chi connectivity index (χ0v) is 7.59. The summed E-state index contributed by atoms with van der Waals surface area (Å²) >= 11 is 0. The average molecular weight is 196 g/mol. The lowest BCUT2D eigenvalue weighted by Gasteiger charge is -2.37. The first-order valence-electron chi connectivity index (χ1n) is 4.60. The second-order valence-electron chi connectivity index (χ2n) is 3.75. The molecule has 0 aliphatic heterocycles. The van der Waals surface area contributed by atoms with E-state index in [1.807, 2.05) is 0 Å². The van der Waals surface area contributed by atoms with Crippen molar-refractivity contribution in [1.29, 1.82) is 0 Å². The highest BCUT2D eigenvalue weighted by atomic mass is 19.1. The number of hydrogen-bond donors (Lipinski definition) is 0. The van der Waals surface area contributed by atoms with Crippen LogP contribution in [-0.2, 0) is 10.2 Å². The van der Waals surface area contributed by atoms with Gasteiger partial charge in [-0.05, 0) is 31.0 Å². The molecule has 1 nitrogen and oxygen atoms in total. The third kappa shape index (κ3) is 1.24. The van der Waals surface area contributed by atoms with Crippen LogP contribution in [0.5, 0.6) is 0 Å². The summed E-state index contributed by atoms with van der Waals surface area (Å²) < 4.78 is 26.2. The van der Waals surface area contributed by atoms with Gasteiger partial charge in [-0.25, -0.2) is 8.78 Å². The van der Waals surface area contributed by atoms with E-state index >= 15 is 0 Å². The molecule has 14 heavy (non-hydrogen) atoms. The van der Waals surface area contributed by atoms with Crippen LogP contribution in [0.25, 0.3) is 0 Å². The highest BCUT2D eigenvalue weighted by molar-refractivity contribution is 5.70. The van der Waals surface area contributed by atoms with E-state index < -0.39 is 17.0 Å². The first kappa shape index (κ1) is 9.31. The van der Waals surface area contributed by atoms with Gasteiger partial charge in [0, 0.05) is 5.56 Å². The van der Waals surface area contributed by atoms with Gasteiger partial charge in [-0.3, -0.25) is 0 Å². The summed E-state index contributed by atoms with van der Waals surface area (Å²) in [5, 5.41) is 0. The van der Waals surface area contributed by atoms with Gasteiger partial charge in [-0.1, -0.05) is 6.42 Å². The lowest BCUT2D eigenvalue weighted by atomic mass is 9.65. The standard InChI is InChI=1S/C11H10F2O/c12-8-2-3-10(13)9(6-8)11(7-14)4-1-5-11/h2-3,6-7H,1,4-5H2. The molecule has 2 rings (SSSR count). The van der Waals surface area contributed by atoms with Gasteiger partial charge in [-0.2, -0.15) is 0 Å². The van der Waals surface area contributed by atoms with Crippen LogP contribution in [-0.4, -0.2) is 6.29 Å². The Bertz CT molecular complexity index is 370. The molecular weight excluding hydrogens is 186 g/mol. The van der Waals surface area contributed by atoms with E-state index in [1.54, 1.807) is 0 Å². The van der Waals surface area contributed by atoms with Crippen LogP contribution in [0, 0.1) is 11.6 Å². The predicted molar refractivity (Wildman–Crippen MR) is 48.0 cm³/mol. The van der Waals surface area contributed by atoms with Crippen molar-refractivity contribution in [1.82, 2.24) is 0 Å². The van der Waals surface area contributed by atoms with E-state index in [0.717, 1.165) is 30.9 Å². The SMILES string of the molecule is O=CC1(c2cc(F)ccc2F)CCC1. The predicted octanol–water partition coefficient (Wildman–Crippen LogP) is 2.59. The smallest absolute Gasteiger partial charge is 0.130 e. The zero-order chi connectivity index (χ0) is 10.2. The molecular formula is C11H10F2O. The molecule has 0 spiro atoms. The maximum Gasteiger partial charge on any atom is 0.130 e. The molecule has 0 bridgehead atoms. The summed E-state index contributed by atoms with van der Waals surface area (Å²) in [6, 6.07) is 3.27. The lowest BCUT2D eigenvalue weighted by Crippen LogP contribution is -2.36. The third-order valence-corrected chi connectivity index (χ3v) is 2.94. The molecule has 0 aromatic heterocycles. The molecule has 1 fully saturated rings. The molecule has 0 amide bonds. The van der Waals surface area contributed by atoms with Crippen LogP contribution in [0.4, 0.5) is 8.78 Å². The van der Waals surface area contributed by atoms with Crippen LogP contribution in [0.15, 0.2) is 18.2 Å². The van der Waals surface area contributed by atoms with E-state index in [1.165, 1.54) is 0 Å². The topological polar surface area (TPSA) is 17.1 Å². The Labute approximate surface area is 80.7 Å². The number of rotatable bonds is 2. The molecule has 1 aromatic carbocycles. The van der Waals surface area contributed by atoms with Crippen molar-refractivity contribution in [2.45, 2.75) is 24.7 Å². The monoisotopic (exact) mass is 196 g/mol. The molecule has 0 N–H and O–H groups in total.